The van der Waals surface area contributed by atoms with Crippen molar-refractivity contribution in [1.29, 1.82) is 5.26 Å². The molecule has 5 nitrogen and oxygen atoms in total. The summed E-state index contributed by atoms with van der Waals surface area (Å²) in [4.78, 5) is 14.8. The number of nitriles is 1. The maximum absolute atomic E-state index is 10.2. The van der Waals surface area contributed by atoms with Gasteiger partial charge in [0.1, 0.15) is 5.58 Å². The Morgan fingerprint density at radius 3 is 1.44 bits per heavy atom. The maximum atomic E-state index is 10.2. The Morgan fingerprint density at radius 1 is 0.529 bits per heavy atom. The van der Waals surface area contributed by atoms with Crippen LogP contribution in [0.25, 0.3) is 66.8 Å². The fourth-order valence-electron chi connectivity index (χ4n) is 9.84. The van der Waals surface area contributed by atoms with Crippen molar-refractivity contribution in [2.24, 2.45) is 0 Å². The van der Waals surface area contributed by atoms with Crippen LogP contribution >= 0.6 is 0 Å². The third kappa shape index (κ3) is 9.79. The van der Waals surface area contributed by atoms with Gasteiger partial charge in [0.15, 0.2) is 0 Å². The molecule has 344 valence electrons. The molecule has 0 saturated carbocycles. The van der Waals surface area contributed by atoms with E-state index in [0.717, 1.165) is 74.9 Å². The molecule has 0 unspecified atom stereocenters. The molecule has 0 aliphatic carbocycles. The third-order valence-corrected chi connectivity index (χ3v) is 13.6. The van der Waals surface area contributed by atoms with Gasteiger partial charge in [0.25, 0.3) is 0 Å². The Labute approximate surface area is 427 Å². The first-order valence-electron chi connectivity index (χ1n) is 24.1. The Bertz CT molecular complexity index is 3410. The molecule has 0 aliphatic heterocycles. The van der Waals surface area contributed by atoms with Crippen molar-refractivity contribution in [2.75, 3.05) is 0 Å². The zero-order chi connectivity index (χ0) is 48.6. The molecule has 6 aromatic carbocycles. The van der Waals surface area contributed by atoms with Crippen molar-refractivity contribution in [3.8, 4) is 51.0 Å². The number of aromatic nitrogens is 3. The number of hydrogen-bond acceptors (Lipinski definition) is 5. The zero-order valence-electron chi connectivity index (χ0n) is 41.3. The van der Waals surface area contributed by atoms with Crippen molar-refractivity contribution < 1.29 is 25.9 Å². The van der Waals surface area contributed by atoms with Crippen molar-refractivity contribution >= 4 is 21.9 Å². The Hall–Kier alpha value is -7.29. The molecule has 4 heterocycles. The van der Waals surface area contributed by atoms with Gasteiger partial charge in [-0.3, -0.25) is 0 Å². The molecule has 0 amide bonds. The van der Waals surface area contributed by atoms with Gasteiger partial charge in [0.2, 0.25) is 0 Å². The molecule has 0 atom stereocenters. The van der Waals surface area contributed by atoms with E-state index in [1.807, 2.05) is 110 Å². The summed E-state index contributed by atoms with van der Waals surface area (Å²) >= 11 is 0. The van der Waals surface area contributed by atoms with E-state index < -0.39 is 0 Å². The van der Waals surface area contributed by atoms with Gasteiger partial charge in [0, 0.05) is 29.5 Å². The molecular weight excluding hydrogens is 1030 g/mol. The number of benzene rings is 6. The molecule has 10 rings (SSSR count). The standard InChI is InChI=1S/C64H53N4O.Ir/c1-62(2,50-26-30-56(66-40-50)46-17-10-7-11-18-46)36-43-33-44(37-63(3,4)51-27-31-57(67-41-51)47-19-12-8-13-20-47)35-45(34-43)38-64(5,6)52-28-32-58(68-42-52)55-24-16-23-53-54-29-25-49(39-65)59(61(54)69-60(53)55)48-21-14-9-15-22-48;/h7-17,19,21-23,25-35,40-42H,36-38H2,1-6H3;/q-3;+3/i25D;. The molecule has 10 aromatic rings. The van der Waals surface area contributed by atoms with Gasteiger partial charge in [-0.1, -0.05) is 143 Å². The summed E-state index contributed by atoms with van der Waals surface area (Å²) in [6, 6.07) is 63.7. The van der Waals surface area contributed by atoms with Crippen LogP contribution in [0.2, 0.25) is 0 Å². The second-order valence-corrected chi connectivity index (χ2v) is 20.1. The molecule has 0 saturated heterocycles. The summed E-state index contributed by atoms with van der Waals surface area (Å²) in [7, 11) is 0. The van der Waals surface area contributed by atoms with Crippen molar-refractivity contribution in [3.63, 3.8) is 0 Å². The van der Waals surface area contributed by atoms with E-state index in [-0.39, 0.29) is 48.0 Å². The number of hydrogen-bond donors (Lipinski definition) is 0. The summed E-state index contributed by atoms with van der Waals surface area (Å²) in [5, 5.41) is 11.8. The Morgan fingerprint density at radius 2 is 1.00 bits per heavy atom. The van der Waals surface area contributed by atoms with Crippen LogP contribution in [-0.2, 0) is 55.6 Å². The van der Waals surface area contributed by atoms with Crippen LogP contribution in [0, 0.1) is 29.5 Å². The minimum absolute atomic E-state index is 0. The van der Waals surface area contributed by atoms with E-state index in [1.165, 1.54) is 27.8 Å². The van der Waals surface area contributed by atoms with Crippen LogP contribution < -0.4 is 0 Å². The minimum Gasteiger partial charge on any atom is -0.500 e. The van der Waals surface area contributed by atoms with Gasteiger partial charge < -0.3 is 19.4 Å². The first-order chi connectivity index (χ1) is 33.8. The van der Waals surface area contributed by atoms with Gasteiger partial charge in [0.05, 0.1) is 18.6 Å². The molecule has 0 N–H and O–H groups in total. The van der Waals surface area contributed by atoms with Gasteiger partial charge in [-0.05, 0) is 97.6 Å². The van der Waals surface area contributed by atoms with Crippen molar-refractivity contribution in [2.45, 2.75) is 77.0 Å². The van der Waals surface area contributed by atoms with Crippen LogP contribution in [0.1, 0.15) is 81.9 Å². The van der Waals surface area contributed by atoms with Gasteiger partial charge in [-0.2, -0.15) is 5.26 Å². The number of rotatable bonds is 13. The van der Waals surface area contributed by atoms with Gasteiger partial charge in [-0.15, -0.1) is 90.0 Å². The quantitative estimate of drug-likeness (QED) is 0.108. The summed E-state index contributed by atoms with van der Waals surface area (Å²) < 4.78 is 15.5. The molecule has 0 fully saturated rings. The first-order valence-corrected chi connectivity index (χ1v) is 23.6. The number of fused-ring (bicyclic) bond motifs is 3. The number of nitrogens with zero attached hydrogens (tertiary/aromatic N) is 4. The van der Waals surface area contributed by atoms with Crippen LogP contribution in [0.4, 0.5) is 0 Å². The second-order valence-electron chi connectivity index (χ2n) is 20.1. The van der Waals surface area contributed by atoms with E-state index in [9.17, 15) is 5.26 Å². The first kappa shape index (κ1) is 46.4. The fraction of sp³-hybridized carbons (Fsp3) is 0.188. The average Bonchev–Trinajstić information content (AvgIpc) is 3.74. The molecule has 6 heteroatoms. The Kier molecular flexibility index (Phi) is 13.0. The average molecular weight is 1090 g/mol. The molecule has 0 aliphatic rings. The summed E-state index contributed by atoms with van der Waals surface area (Å²) in [5.74, 6) is 0. The third-order valence-electron chi connectivity index (χ3n) is 13.6. The number of furan rings is 1. The van der Waals surface area contributed by atoms with E-state index in [2.05, 4.69) is 120 Å². The molecule has 4 aromatic heterocycles. The summed E-state index contributed by atoms with van der Waals surface area (Å²) in [6.45, 7) is 13.8. The predicted octanol–water partition coefficient (Wildman–Crippen LogP) is 15.3. The van der Waals surface area contributed by atoms with E-state index in [1.54, 1.807) is 6.07 Å². The van der Waals surface area contributed by atoms with Gasteiger partial charge in [-0.25, -0.2) is 0 Å². The zero-order valence-corrected chi connectivity index (χ0v) is 42.7. The molecule has 0 bridgehead atoms. The fourth-order valence-corrected chi connectivity index (χ4v) is 9.84. The largest absolute Gasteiger partial charge is 3.00 e. The smallest absolute Gasteiger partial charge is 0.500 e. The normalized spacial score (nSPS) is 12.1. The van der Waals surface area contributed by atoms with E-state index >= 15 is 0 Å². The van der Waals surface area contributed by atoms with Crippen LogP contribution in [0.3, 0.4) is 0 Å². The monoisotopic (exact) mass is 1090 g/mol. The molecule has 0 radical (unpaired) electrons. The SMILES string of the molecule is [2H]c1cc2c(oc3c(-c4ccc(C(C)(C)Cc5cc(CC(C)(C)c6ccc(-c7[c-]cccc7)nc6)cc(CC(C)(C)c6ccc(-c7[c-]cccc7)nc6)c5)cn4)[c-]ccc32)c(-c2ccccc2)c1C#N.[Ir+3]. The summed E-state index contributed by atoms with van der Waals surface area (Å²) in [6.07, 6.45) is 8.52. The van der Waals surface area contributed by atoms with E-state index in [4.69, 9.17) is 20.7 Å². The topological polar surface area (TPSA) is 75.6 Å². The molecular formula is C64H53IrN4O. The summed E-state index contributed by atoms with van der Waals surface area (Å²) in [5.41, 5.74) is 14.9. The van der Waals surface area contributed by atoms with Gasteiger partial charge >= 0.3 is 20.1 Å². The second kappa shape index (κ2) is 19.6. The Balaban J connectivity index is 0.00000624. The van der Waals surface area contributed by atoms with Crippen molar-refractivity contribution in [1.82, 2.24) is 15.0 Å². The molecule has 0 spiro atoms. The van der Waals surface area contributed by atoms with Crippen LogP contribution in [0.5, 0.6) is 0 Å². The minimum atomic E-state index is -0.271. The van der Waals surface area contributed by atoms with E-state index in [0.29, 0.717) is 16.7 Å². The van der Waals surface area contributed by atoms with Crippen LogP contribution in [-0.4, -0.2) is 15.0 Å². The number of pyridine rings is 3. The molecule has 70 heavy (non-hydrogen) atoms. The predicted molar refractivity (Wildman–Crippen MR) is 280 cm³/mol. The van der Waals surface area contributed by atoms with Crippen molar-refractivity contribution in [3.05, 3.63) is 233 Å². The van der Waals surface area contributed by atoms with Crippen LogP contribution in [0.15, 0.2) is 181 Å². The maximum Gasteiger partial charge on any atom is 3.00 e.